The van der Waals surface area contributed by atoms with Gasteiger partial charge in [-0.2, -0.15) is 16.9 Å². The molecule has 0 aromatic heterocycles. The van der Waals surface area contributed by atoms with E-state index in [0.717, 1.165) is 30.1 Å². The molecule has 0 aliphatic carbocycles. The third-order valence-corrected chi connectivity index (χ3v) is 2.94. The normalized spacial score (nSPS) is 16.8. The van der Waals surface area contributed by atoms with E-state index in [4.69, 9.17) is 4.74 Å². The Morgan fingerprint density at radius 2 is 2.06 bits per heavy atom. The third kappa shape index (κ3) is 6.00. The van der Waals surface area contributed by atoms with Gasteiger partial charge in [-0.15, -0.1) is 0 Å². The van der Waals surface area contributed by atoms with Gasteiger partial charge >= 0.3 is 5.97 Å². The first kappa shape index (κ1) is 13.4. The fraction of sp³-hybridized carbons (Fsp3) is 0.818. The molecule has 4 nitrogen and oxygen atoms in total. The Kier molecular flexibility index (Phi) is 5.12. The predicted octanol–water partition coefficient (Wildman–Crippen LogP) is 1.80. The lowest BCUT2D eigenvalue weighted by Gasteiger charge is -2.19. The molecule has 0 aromatic carbocycles. The summed E-state index contributed by atoms with van der Waals surface area (Å²) in [7, 11) is 0. The number of hydrogen-bond donors (Lipinski definition) is 1. The summed E-state index contributed by atoms with van der Waals surface area (Å²) in [4.78, 5) is 11.3. The summed E-state index contributed by atoms with van der Waals surface area (Å²) in [6.45, 7) is 5.72. The SMILES string of the molecule is CC(C)(C)OC(=O)CNN=C1CCSCC1. The molecule has 0 aromatic rings. The standard InChI is InChI=1S/C11H20N2O2S/c1-11(2,3)15-10(14)8-12-13-9-4-6-16-7-5-9/h12H,4-8H2,1-3H3. The smallest absolute Gasteiger partial charge is 0.327 e. The monoisotopic (exact) mass is 244 g/mol. The molecule has 1 rings (SSSR count). The number of ether oxygens (including phenoxy) is 1. The number of carbonyl (C=O) groups excluding carboxylic acids is 1. The largest absolute Gasteiger partial charge is 0.459 e. The maximum atomic E-state index is 11.3. The average molecular weight is 244 g/mol. The maximum absolute atomic E-state index is 11.3. The number of nitrogens with one attached hydrogen (secondary N) is 1. The van der Waals surface area contributed by atoms with Crippen molar-refractivity contribution in [3.63, 3.8) is 0 Å². The van der Waals surface area contributed by atoms with Crippen LogP contribution in [0.5, 0.6) is 0 Å². The fourth-order valence-corrected chi connectivity index (χ4v) is 2.28. The number of thioether (sulfide) groups is 1. The highest BCUT2D eigenvalue weighted by Crippen LogP contribution is 2.13. The van der Waals surface area contributed by atoms with Crippen molar-refractivity contribution in [2.45, 2.75) is 39.2 Å². The van der Waals surface area contributed by atoms with Crippen LogP contribution in [0.25, 0.3) is 0 Å². The molecule has 1 aliphatic heterocycles. The molecule has 0 spiro atoms. The van der Waals surface area contributed by atoms with E-state index in [0.29, 0.717) is 0 Å². The van der Waals surface area contributed by atoms with Gasteiger partial charge in [-0.05, 0) is 45.1 Å². The van der Waals surface area contributed by atoms with Crippen molar-refractivity contribution in [2.24, 2.45) is 5.10 Å². The highest BCUT2D eigenvalue weighted by atomic mass is 32.2. The molecule has 5 heteroatoms. The van der Waals surface area contributed by atoms with E-state index in [1.165, 1.54) is 0 Å². The van der Waals surface area contributed by atoms with Gasteiger partial charge in [-0.25, -0.2) is 0 Å². The van der Waals surface area contributed by atoms with Crippen LogP contribution in [-0.2, 0) is 9.53 Å². The molecule has 0 bridgehead atoms. The molecule has 0 radical (unpaired) electrons. The van der Waals surface area contributed by atoms with Crippen molar-refractivity contribution in [2.75, 3.05) is 18.1 Å². The Bertz CT molecular complexity index is 264. The summed E-state index contributed by atoms with van der Waals surface area (Å²) in [6.07, 6.45) is 2.04. The van der Waals surface area contributed by atoms with Gasteiger partial charge in [0.05, 0.1) is 0 Å². The van der Waals surface area contributed by atoms with Crippen LogP contribution in [-0.4, -0.2) is 35.3 Å². The number of carbonyl (C=O) groups is 1. The second kappa shape index (κ2) is 6.13. The van der Waals surface area contributed by atoms with Crippen LogP contribution in [0.3, 0.4) is 0 Å². The zero-order chi connectivity index (χ0) is 12.0. The highest BCUT2D eigenvalue weighted by molar-refractivity contribution is 7.99. The molecule has 0 saturated carbocycles. The van der Waals surface area contributed by atoms with Crippen molar-refractivity contribution in [3.8, 4) is 0 Å². The number of hydrogen-bond acceptors (Lipinski definition) is 5. The highest BCUT2D eigenvalue weighted by Gasteiger charge is 2.15. The molecule has 92 valence electrons. The Morgan fingerprint density at radius 1 is 1.44 bits per heavy atom. The molecule has 1 saturated heterocycles. The zero-order valence-electron chi connectivity index (χ0n) is 10.2. The molecule has 1 heterocycles. The first-order valence-electron chi connectivity index (χ1n) is 5.55. The van der Waals surface area contributed by atoms with E-state index in [1.807, 2.05) is 32.5 Å². The van der Waals surface area contributed by atoms with E-state index in [2.05, 4.69) is 10.5 Å². The first-order chi connectivity index (χ1) is 7.47. The van der Waals surface area contributed by atoms with Crippen molar-refractivity contribution < 1.29 is 9.53 Å². The topological polar surface area (TPSA) is 50.7 Å². The molecular weight excluding hydrogens is 224 g/mol. The molecule has 1 aliphatic rings. The lowest BCUT2D eigenvalue weighted by Crippen LogP contribution is -2.30. The van der Waals surface area contributed by atoms with Gasteiger partial charge in [0.2, 0.25) is 0 Å². The second-order valence-electron chi connectivity index (χ2n) is 4.71. The summed E-state index contributed by atoms with van der Waals surface area (Å²) < 4.78 is 5.15. The zero-order valence-corrected chi connectivity index (χ0v) is 11.0. The van der Waals surface area contributed by atoms with Gasteiger partial charge in [0, 0.05) is 5.71 Å². The Hall–Kier alpha value is -0.710. The van der Waals surface area contributed by atoms with Gasteiger partial charge < -0.3 is 4.74 Å². The van der Waals surface area contributed by atoms with E-state index < -0.39 is 5.60 Å². The molecule has 1 N–H and O–H groups in total. The van der Waals surface area contributed by atoms with Gasteiger partial charge in [0.15, 0.2) is 0 Å². The van der Waals surface area contributed by atoms with Crippen molar-refractivity contribution in [1.82, 2.24) is 5.43 Å². The maximum Gasteiger partial charge on any atom is 0.327 e. The van der Waals surface area contributed by atoms with Gasteiger partial charge in [-0.3, -0.25) is 10.2 Å². The lowest BCUT2D eigenvalue weighted by atomic mass is 10.2. The van der Waals surface area contributed by atoms with Crippen LogP contribution in [0.2, 0.25) is 0 Å². The van der Waals surface area contributed by atoms with E-state index in [9.17, 15) is 4.79 Å². The van der Waals surface area contributed by atoms with Gasteiger partial charge in [0.1, 0.15) is 12.1 Å². The molecule has 1 fully saturated rings. The minimum atomic E-state index is -0.423. The van der Waals surface area contributed by atoms with Crippen LogP contribution in [0.4, 0.5) is 0 Å². The van der Waals surface area contributed by atoms with Crippen LogP contribution < -0.4 is 5.43 Å². The second-order valence-corrected chi connectivity index (χ2v) is 5.94. The van der Waals surface area contributed by atoms with Crippen LogP contribution in [0, 0.1) is 0 Å². The number of rotatable bonds is 3. The van der Waals surface area contributed by atoms with Crippen LogP contribution >= 0.6 is 11.8 Å². The fourth-order valence-electron chi connectivity index (χ4n) is 1.31. The Balaban J connectivity index is 2.21. The van der Waals surface area contributed by atoms with Crippen LogP contribution in [0.15, 0.2) is 5.10 Å². The Labute approximate surface area is 101 Å². The number of hydrazone groups is 1. The third-order valence-electron chi connectivity index (χ3n) is 1.95. The van der Waals surface area contributed by atoms with Crippen molar-refractivity contribution in [3.05, 3.63) is 0 Å². The summed E-state index contributed by atoms with van der Waals surface area (Å²) in [6, 6.07) is 0. The number of nitrogens with zero attached hydrogens (tertiary/aromatic N) is 1. The van der Waals surface area contributed by atoms with E-state index in [-0.39, 0.29) is 12.5 Å². The van der Waals surface area contributed by atoms with Crippen molar-refractivity contribution >= 4 is 23.4 Å². The summed E-state index contributed by atoms with van der Waals surface area (Å²) in [5.74, 6) is 2.00. The van der Waals surface area contributed by atoms with Gasteiger partial charge in [0.25, 0.3) is 0 Å². The van der Waals surface area contributed by atoms with Crippen molar-refractivity contribution in [1.29, 1.82) is 0 Å². The predicted molar refractivity (Wildman–Crippen MR) is 67.8 cm³/mol. The molecular formula is C11H20N2O2S. The summed E-state index contributed by atoms with van der Waals surface area (Å²) in [5.41, 5.74) is 3.51. The molecule has 16 heavy (non-hydrogen) atoms. The van der Waals surface area contributed by atoms with E-state index >= 15 is 0 Å². The van der Waals surface area contributed by atoms with E-state index in [1.54, 1.807) is 0 Å². The average Bonchev–Trinajstić information content (AvgIpc) is 2.16. The van der Waals surface area contributed by atoms with Crippen LogP contribution in [0.1, 0.15) is 33.6 Å². The molecule has 0 atom stereocenters. The first-order valence-corrected chi connectivity index (χ1v) is 6.71. The molecule has 0 unspecified atom stereocenters. The molecule has 0 amide bonds. The van der Waals surface area contributed by atoms with Gasteiger partial charge in [-0.1, -0.05) is 0 Å². The quantitative estimate of drug-likeness (QED) is 0.607. The lowest BCUT2D eigenvalue weighted by molar-refractivity contribution is -0.153. The number of esters is 1. The minimum Gasteiger partial charge on any atom is -0.459 e. The summed E-state index contributed by atoms with van der Waals surface area (Å²) in [5, 5.41) is 4.21. The summed E-state index contributed by atoms with van der Waals surface area (Å²) >= 11 is 1.95. The minimum absolute atomic E-state index is 0.147. The Morgan fingerprint density at radius 3 is 2.62 bits per heavy atom.